The summed E-state index contributed by atoms with van der Waals surface area (Å²) in [7, 11) is 0. The molecule has 1 unspecified atom stereocenters. The van der Waals surface area contributed by atoms with Crippen molar-refractivity contribution in [1.29, 1.82) is 0 Å². The number of nitrogens with two attached hydrogens (primary N) is 1. The lowest BCUT2D eigenvalue weighted by Gasteiger charge is -2.11. The van der Waals surface area contributed by atoms with Gasteiger partial charge in [0.05, 0.1) is 5.75 Å². The van der Waals surface area contributed by atoms with E-state index in [0.29, 0.717) is 0 Å². The van der Waals surface area contributed by atoms with Gasteiger partial charge in [-0.05, 0) is 19.1 Å². The van der Waals surface area contributed by atoms with Crippen molar-refractivity contribution in [3.05, 3.63) is 36.0 Å². The van der Waals surface area contributed by atoms with Crippen LogP contribution in [0.2, 0.25) is 0 Å². The van der Waals surface area contributed by atoms with Crippen molar-refractivity contribution in [2.75, 3.05) is 5.75 Å². The molecule has 0 saturated carbocycles. The standard InChI is InChI=1S/C12H12FN3O3S/c1-7(18-9-5-3-2-4-8(9)13)11-15-16-12(19-11)20-6-10(14)17/h2-5,7H,6H2,1H3,(H2,14,17). The summed E-state index contributed by atoms with van der Waals surface area (Å²) in [6.07, 6.45) is -0.609. The van der Waals surface area contributed by atoms with Crippen LogP contribution in [0.5, 0.6) is 5.75 Å². The van der Waals surface area contributed by atoms with E-state index in [0.717, 1.165) is 11.8 Å². The van der Waals surface area contributed by atoms with Crippen LogP contribution in [0.15, 0.2) is 33.9 Å². The van der Waals surface area contributed by atoms with Crippen molar-refractivity contribution in [2.45, 2.75) is 18.3 Å². The average molecular weight is 297 g/mol. The molecule has 0 aliphatic heterocycles. The Kier molecular flexibility index (Phi) is 4.57. The molecule has 1 aromatic carbocycles. The molecule has 20 heavy (non-hydrogen) atoms. The van der Waals surface area contributed by atoms with Crippen molar-refractivity contribution in [3.63, 3.8) is 0 Å². The van der Waals surface area contributed by atoms with E-state index in [2.05, 4.69) is 10.2 Å². The van der Waals surface area contributed by atoms with Gasteiger partial charge in [0, 0.05) is 0 Å². The number of carbonyl (C=O) groups is 1. The largest absolute Gasteiger partial charge is 0.478 e. The molecule has 0 spiro atoms. The number of primary amides is 1. The van der Waals surface area contributed by atoms with Crippen LogP contribution in [0.4, 0.5) is 4.39 Å². The third-order valence-corrected chi connectivity index (χ3v) is 3.09. The Labute approximate surface area is 118 Å². The summed E-state index contributed by atoms with van der Waals surface area (Å²) < 4.78 is 24.1. The predicted molar refractivity (Wildman–Crippen MR) is 69.7 cm³/mol. The zero-order chi connectivity index (χ0) is 14.5. The first-order chi connectivity index (χ1) is 9.56. The van der Waals surface area contributed by atoms with Crippen molar-refractivity contribution >= 4 is 17.7 Å². The molecule has 1 amide bonds. The van der Waals surface area contributed by atoms with E-state index in [1.54, 1.807) is 19.1 Å². The second kappa shape index (κ2) is 6.38. The van der Waals surface area contributed by atoms with Gasteiger partial charge >= 0.3 is 0 Å². The highest BCUT2D eigenvalue weighted by molar-refractivity contribution is 7.99. The quantitative estimate of drug-likeness (QED) is 0.819. The molecule has 0 bridgehead atoms. The van der Waals surface area contributed by atoms with E-state index < -0.39 is 17.8 Å². The number of thioether (sulfide) groups is 1. The first-order valence-corrected chi connectivity index (χ1v) is 6.70. The molecular formula is C12H12FN3O3S. The van der Waals surface area contributed by atoms with Gasteiger partial charge in [0.1, 0.15) is 0 Å². The van der Waals surface area contributed by atoms with Crippen LogP contribution in [-0.2, 0) is 4.79 Å². The number of halogens is 1. The molecule has 2 aromatic rings. The second-order valence-corrected chi connectivity index (χ2v) is 4.78. The maximum absolute atomic E-state index is 13.4. The molecule has 2 N–H and O–H groups in total. The molecule has 2 rings (SSSR count). The lowest BCUT2D eigenvalue weighted by Crippen LogP contribution is -2.12. The molecule has 0 radical (unpaired) electrons. The average Bonchev–Trinajstić information content (AvgIpc) is 2.88. The summed E-state index contributed by atoms with van der Waals surface area (Å²) in [5.74, 6) is -0.609. The number of para-hydroxylation sites is 1. The van der Waals surface area contributed by atoms with Crippen LogP contribution in [0.3, 0.4) is 0 Å². The fraction of sp³-hybridized carbons (Fsp3) is 0.250. The third-order valence-electron chi connectivity index (χ3n) is 2.25. The molecule has 8 heteroatoms. The van der Waals surface area contributed by atoms with Crippen LogP contribution in [0.25, 0.3) is 0 Å². The van der Waals surface area contributed by atoms with Crippen LogP contribution >= 0.6 is 11.8 Å². The maximum atomic E-state index is 13.4. The van der Waals surface area contributed by atoms with Crippen molar-refractivity contribution in [3.8, 4) is 5.75 Å². The van der Waals surface area contributed by atoms with Crippen LogP contribution in [0.1, 0.15) is 18.9 Å². The van der Waals surface area contributed by atoms with Crippen molar-refractivity contribution in [1.82, 2.24) is 10.2 Å². The number of amides is 1. The highest BCUT2D eigenvalue weighted by atomic mass is 32.2. The van der Waals surface area contributed by atoms with E-state index >= 15 is 0 Å². The molecule has 0 fully saturated rings. The molecule has 6 nitrogen and oxygen atoms in total. The molecule has 106 valence electrons. The molecule has 1 heterocycles. The van der Waals surface area contributed by atoms with Crippen molar-refractivity contribution in [2.24, 2.45) is 5.73 Å². The second-order valence-electron chi connectivity index (χ2n) is 3.85. The number of aromatic nitrogens is 2. The van der Waals surface area contributed by atoms with Crippen molar-refractivity contribution < 1.29 is 18.3 Å². The number of carbonyl (C=O) groups excluding carboxylic acids is 1. The van der Waals surface area contributed by atoms with Gasteiger partial charge in [0.2, 0.25) is 5.91 Å². The highest BCUT2D eigenvalue weighted by Gasteiger charge is 2.17. The van der Waals surface area contributed by atoms with E-state index in [4.69, 9.17) is 14.9 Å². The third kappa shape index (κ3) is 3.70. The Balaban J connectivity index is 2.01. The zero-order valence-corrected chi connectivity index (χ0v) is 11.4. The summed E-state index contributed by atoms with van der Waals surface area (Å²) in [6.45, 7) is 1.66. The summed E-state index contributed by atoms with van der Waals surface area (Å²) in [4.78, 5) is 10.6. The molecule has 0 aliphatic carbocycles. The fourth-order valence-corrected chi connectivity index (χ4v) is 1.87. The van der Waals surface area contributed by atoms with E-state index in [-0.39, 0.29) is 22.6 Å². The minimum Gasteiger partial charge on any atom is -0.478 e. The monoisotopic (exact) mass is 297 g/mol. The van der Waals surface area contributed by atoms with Crippen LogP contribution in [-0.4, -0.2) is 21.9 Å². The Morgan fingerprint density at radius 1 is 1.50 bits per heavy atom. The van der Waals surface area contributed by atoms with Crippen LogP contribution < -0.4 is 10.5 Å². The minimum absolute atomic E-state index is 0.0458. The molecule has 1 atom stereocenters. The van der Waals surface area contributed by atoms with Gasteiger partial charge in [0.15, 0.2) is 17.7 Å². The summed E-state index contributed by atoms with van der Waals surface area (Å²) in [5, 5.41) is 7.73. The molecule has 0 aliphatic rings. The summed E-state index contributed by atoms with van der Waals surface area (Å²) in [5.41, 5.74) is 5.01. The summed E-state index contributed by atoms with van der Waals surface area (Å²) in [6, 6.07) is 6.03. The Morgan fingerprint density at radius 3 is 2.95 bits per heavy atom. The molecular weight excluding hydrogens is 285 g/mol. The van der Waals surface area contributed by atoms with Gasteiger partial charge in [0.25, 0.3) is 11.1 Å². The highest BCUT2D eigenvalue weighted by Crippen LogP contribution is 2.25. The number of rotatable bonds is 6. The number of benzene rings is 1. The number of nitrogens with zero attached hydrogens (tertiary/aromatic N) is 2. The lowest BCUT2D eigenvalue weighted by atomic mass is 10.3. The fourth-order valence-electron chi connectivity index (χ4n) is 1.36. The topological polar surface area (TPSA) is 91.2 Å². The molecule has 1 aromatic heterocycles. The Hall–Kier alpha value is -2.09. The minimum atomic E-state index is -0.609. The van der Waals surface area contributed by atoms with Crippen LogP contribution in [0, 0.1) is 5.82 Å². The first-order valence-electron chi connectivity index (χ1n) is 5.72. The molecule has 0 saturated heterocycles. The first kappa shape index (κ1) is 14.3. The number of hydrogen-bond acceptors (Lipinski definition) is 6. The SMILES string of the molecule is CC(Oc1ccccc1F)c1nnc(SCC(N)=O)o1. The Bertz CT molecular complexity index is 605. The van der Waals surface area contributed by atoms with Gasteiger partial charge in [-0.3, -0.25) is 4.79 Å². The van der Waals surface area contributed by atoms with E-state index in [1.807, 2.05) is 0 Å². The van der Waals surface area contributed by atoms with E-state index in [9.17, 15) is 9.18 Å². The zero-order valence-electron chi connectivity index (χ0n) is 10.6. The number of ether oxygens (including phenoxy) is 1. The normalized spacial score (nSPS) is 12.1. The number of hydrogen-bond donors (Lipinski definition) is 1. The Morgan fingerprint density at radius 2 is 2.25 bits per heavy atom. The van der Waals surface area contributed by atoms with Gasteiger partial charge in [-0.2, -0.15) is 0 Å². The maximum Gasteiger partial charge on any atom is 0.277 e. The smallest absolute Gasteiger partial charge is 0.277 e. The van der Waals surface area contributed by atoms with Gasteiger partial charge in [-0.25, -0.2) is 4.39 Å². The summed E-state index contributed by atoms with van der Waals surface area (Å²) >= 11 is 1.03. The van der Waals surface area contributed by atoms with Gasteiger partial charge in [-0.1, -0.05) is 23.9 Å². The lowest BCUT2D eigenvalue weighted by molar-refractivity contribution is -0.115. The van der Waals surface area contributed by atoms with E-state index in [1.165, 1.54) is 12.1 Å². The van der Waals surface area contributed by atoms with Gasteiger partial charge < -0.3 is 14.9 Å². The van der Waals surface area contributed by atoms with Gasteiger partial charge in [-0.15, -0.1) is 10.2 Å². The predicted octanol–water partition coefficient (Wildman–Crippen LogP) is 1.93.